The summed E-state index contributed by atoms with van der Waals surface area (Å²) in [7, 11) is 0. The Kier molecular flexibility index (Phi) is 2.80. The number of aromatic nitrogens is 2. The van der Waals surface area contributed by atoms with E-state index < -0.39 is 0 Å². The van der Waals surface area contributed by atoms with Gasteiger partial charge in [-0.05, 0) is 23.8 Å². The van der Waals surface area contributed by atoms with Crippen LogP contribution in [0.3, 0.4) is 0 Å². The van der Waals surface area contributed by atoms with Crippen molar-refractivity contribution in [1.82, 2.24) is 9.78 Å². The van der Waals surface area contributed by atoms with Crippen molar-refractivity contribution in [2.45, 2.75) is 12.6 Å². The molecule has 1 aliphatic rings. The molecule has 3 rings (SSSR count). The number of anilines is 1. The summed E-state index contributed by atoms with van der Waals surface area (Å²) >= 11 is 0. The van der Waals surface area contributed by atoms with E-state index >= 15 is 0 Å². The fourth-order valence-corrected chi connectivity index (χ4v) is 1.84. The molecule has 0 radical (unpaired) electrons. The summed E-state index contributed by atoms with van der Waals surface area (Å²) < 4.78 is 7.05. The van der Waals surface area contributed by atoms with Crippen molar-refractivity contribution < 1.29 is 4.74 Å². The standard InChI is InChI=1S/C13H15N3O/c1-6-14-16(7-1)8-11-2-4-12(5-3-11)15-13-9-17-10-13/h1-7,13,15H,8-10H2. The van der Waals surface area contributed by atoms with Crippen LogP contribution in [0.15, 0.2) is 42.7 Å². The van der Waals surface area contributed by atoms with Gasteiger partial charge >= 0.3 is 0 Å². The minimum Gasteiger partial charge on any atom is -0.378 e. The van der Waals surface area contributed by atoms with E-state index in [0.717, 1.165) is 25.4 Å². The molecule has 0 bridgehead atoms. The van der Waals surface area contributed by atoms with Gasteiger partial charge in [-0.15, -0.1) is 0 Å². The fraction of sp³-hybridized carbons (Fsp3) is 0.308. The second-order valence-electron chi connectivity index (χ2n) is 4.28. The highest BCUT2D eigenvalue weighted by molar-refractivity contribution is 5.45. The zero-order valence-corrected chi connectivity index (χ0v) is 9.54. The lowest BCUT2D eigenvalue weighted by Gasteiger charge is -2.27. The average Bonchev–Trinajstić information content (AvgIpc) is 2.78. The van der Waals surface area contributed by atoms with Crippen molar-refractivity contribution in [3.8, 4) is 0 Å². The molecule has 1 N–H and O–H groups in total. The van der Waals surface area contributed by atoms with E-state index in [2.05, 4.69) is 34.7 Å². The lowest BCUT2D eigenvalue weighted by atomic mass is 10.2. The van der Waals surface area contributed by atoms with Gasteiger partial charge in [0.15, 0.2) is 0 Å². The van der Waals surface area contributed by atoms with Crippen molar-refractivity contribution in [3.63, 3.8) is 0 Å². The predicted octanol–water partition coefficient (Wildman–Crippen LogP) is 1.74. The van der Waals surface area contributed by atoms with Crippen LogP contribution in [-0.4, -0.2) is 29.0 Å². The smallest absolute Gasteiger partial charge is 0.0728 e. The van der Waals surface area contributed by atoms with Gasteiger partial charge in [-0.3, -0.25) is 4.68 Å². The molecule has 1 fully saturated rings. The normalized spacial score (nSPS) is 15.5. The molecule has 88 valence electrons. The first-order valence-electron chi connectivity index (χ1n) is 5.81. The number of benzene rings is 1. The number of nitrogens with zero attached hydrogens (tertiary/aromatic N) is 2. The summed E-state index contributed by atoms with van der Waals surface area (Å²) in [6.45, 7) is 2.45. The zero-order chi connectivity index (χ0) is 11.5. The largest absolute Gasteiger partial charge is 0.378 e. The van der Waals surface area contributed by atoms with Crippen LogP contribution in [-0.2, 0) is 11.3 Å². The Morgan fingerprint density at radius 1 is 1.29 bits per heavy atom. The maximum Gasteiger partial charge on any atom is 0.0728 e. The van der Waals surface area contributed by atoms with Gasteiger partial charge in [-0.25, -0.2) is 0 Å². The molecular weight excluding hydrogens is 214 g/mol. The van der Waals surface area contributed by atoms with Gasteiger partial charge in [0.1, 0.15) is 0 Å². The number of hydrogen-bond acceptors (Lipinski definition) is 3. The Bertz CT molecular complexity index is 460. The van der Waals surface area contributed by atoms with Crippen molar-refractivity contribution in [2.24, 2.45) is 0 Å². The van der Waals surface area contributed by atoms with Crippen LogP contribution in [0, 0.1) is 0 Å². The van der Waals surface area contributed by atoms with Crippen LogP contribution in [0.4, 0.5) is 5.69 Å². The Morgan fingerprint density at radius 3 is 2.71 bits per heavy atom. The molecular formula is C13H15N3O. The molecule has 1 aromatic carbocycles. The van der Waals surface area contributed by atoms with Crippen molar-refractivity contribution in [1.29, 1.82) is 0 Å². The van der Waals surface area contributed by atoms with E-state index in [0.29, 0.717) is 6.04 Å². The third-order valence-corrected chi connectivity index (χ3v) is 2.87. The van der Waals surface area contributed by atoms with Gasteiger partial charge < -0.3 is 10.1 Å². The van der Waals surface area contributed by atoms with Gasteiger partial charge in [-0.1, -0.05) is 12.1 Å². The van der Waals surface area contributed by atoms with Crippen molar-refractivity contribution in [3.05, 3.63) is 48.3 Å². The predicted molar refractivity (Wildman–Crippen MR) is 66.0 cm³/mol. The summed E-state index contributed by atoms with van der Waals surface area (Å²) in [4.78, 5) is 0. The maximum absolute atomic E-state index is 5.13. The van der Waals surface area contributed by atoms with Gasteiger partial charge in [0.25, 0.3) is 0 Å². The lowest BCUT2D eigenvalue weighted by Crippen LogP contribution is -2.40. The van der Waals surface area contributed by atoms with Gasteiger partial charge in [0, 0.05) is 18.1 Å². The minimum absolute atomic E-state index is 0.479. The maximum atomic E-state index is 5.13. The molecule has 1 aromatic heterocycles. The molecule has 2 aromatic rings. The van der Waals surface area contributed by atoms with Crippen LogP contribution in [0.25, 0.3) is 0 Å². The SMILES string of the molecule is c1cnn(Cc2ccc(NC3COC3)cc2)c1. The molecule has 0 amide bonds. The van der Waals surface area contributed by atoms with Crippen LogP contribution >= 0.6 is 0 Å². The van der Waals surface area contributed by atoms with Gasteiger partial charge in [0.2, 0.25) is 0 Å². The average molecular weight is 229 g/mol. The summed E-state index contributed by atoms with van der Waals surface area (Å²) in [5.41, 5.74) is 2.41. The van der Waals surface area contributed by atoms with Crippen LogP contribution < -0.4 is 5.32 Å². The van der Waals surface area contributed by atoms with Crippen LogP contribution in [0.5, 0.6) is 0 Å². The molecule has 0 aliphatic carbocycles. The molecule has 0 unspecified atom stereocenters. The number of hydrogen-bond donors (Lipinski definition) is 1. The van der Waals surface area contributed by atoms with E-state index in [9.17, 15) is 0 Å². The number of nitrogens with one attached hydrogen (secondary N) is 1. The molecule has 0 spiro atoms. The molecule has 1 aliphatic heterocycles. The third-order valence-electron chi connectivity index (χ3n) is 2.87. The first-order chi connectivity index (χ1) is 8.40. The molecule has 1 saturated heterocycles. The second kappa shape index (κ2) is 4.59. The van der Waals surface area contributed by atoms with Crippen LogP contribution in [0.1, 0.15) is 5.56 Å². The van der Waals surface area contributed by atoms with Crippen molar-refractivity contribution >= 4 is 5.69 Å². The zero-order valence-electron chi connectivity index (χ0n) is 9.54. The molecule has 4 nitrogen and oxygen atoms in total. The Hall–Kier alpha value is -1.81. The highest BCUT2D eigenvalue weighted by Gasteiger charge is 2.17. The van der Waals surface area contributed by atoms with E-state index in [1.807, 2.05) is 16.9 Å². The fourth-order valence-electron chi connectivity index (χ4n) is 1.84. The Labute approximate surface area is 100 Å². The highest BCUT2D eigenvalue weighted by atomic mass is 16.5. The Morgan fingerprint density at radius 2 is 2.12 bits per heavy atom. The molecule has 0 saturated carbocycles. The summed E-state index contributed by atoms with van der Waals surface area (Å²) in [6.07, 6.45) is 3.77. The monoisotopic (exact) mass is 229 g/mol. The number of rotatable bonds is 4. The van der Waals surface area contributed by atoms with E-state index in [4.69, 9.17) is 4.74 Å². The third kappa shape index (κ3) is 2.47. The Balaban J connectivity index is 1.63. The van der Waals surface area contributed by atoms with Crippen LogP contribution in [0.2, 0.25) is 0 Å². The quantitative estimate of drug-likeness (QED) is 0.868. The summed E-state index contributed by atoms with van der Waals surface area (Å²) in [6, 6.07) is 10.9. The van der Waals surface area contributed by atoms with E-state index in [1.165, 1.54) is 5.56 Å². The van der Waals surface area contributed by atoms with Gasteiger partial charge in [-0.2, -0.15) is 5.10 Å². The summed E-state index contributed by atoms with van der Waals surface area (Å²) in [5, 5.41) is 7.61. The topological polar surface area (TPSA) is 39.1 Å². The molecule has 2 heterocycles. The molecule has 0 atom stereocenters. The highest BCUT2D eigenvalue weighted by Crippen LogP contribution is 2.14. The minimum atomic E-state index is 0.479. The lowest BCUT2D eigenvalue weighted by molar-refractivity contribution is 0.0211. The van der Waals surface area contributed by atoms with Gasteiger partial charge in [0.05, 0.1) is 25.8 Å². The number of ether oxygens (including phenoxy) is 1. The first kappa shape index (κ1) is 10.4. The first-order valence-corrected chi connectivity index (χ1v) is 5.81. The van der Waals surface area contributed by atoms with E-state index in [-0.39, 0.29) is 0 Å². The molecule has 4 heteroatoms. The van der Waals surface area contributed by atoms with Crippen molar-refractivity contribution in [2.75, 3.05) is 18.5 Å². The summed E-state index contributed by atoms with van der Waals surface area (Å²) in [5.74, 6) is 0. The second-order valence-corrected chi connectivity index (χ2v) is 4.28. The molecule has 17 heavy (non-hydrogen) atoms. The van der Waals surface area contributed by atoms with E-state index in [1.54, 1.807) is 6.20 Å².